The number of halogens is 4. The van der Waals surface area contributed by atoms with E-state index in [0.717, 1.165) is 22.9 Å². The molecule has 1 N–H and O–H groups in total. The van der Waals surface area contributed by atoms with E-state index in [1.807, 2.05) is 30.3 Å². The van der Waals surface area contributed by atoms with E-state index in [9.17, 15) is 18.0 Å². The summed E-state index contributed by atoms with van der Waals surface area (Å²) in [6.07, 6.45) is -5.64. The molecule has 7 heteroatoms. The van der Waals surface area contributed by atoms with Crippen LogP contribution in [0.3, 0.4) is 0 Å². The van der Waals surface area contributed by atoms with Crippen molar-refractivity contribution in [2.75, 3.05) is 5.32 Å². The second-order valence-corrected chi connectivity index (χ2v) is 6.38. The Morgan fingerprint density at radius 3 is 2.44 bits per heavy atom. The molecule has 0 heterocycles. The van der Waals surface area contributed by atoms with Crippen LogP contribution in [0.15, 0.2) is 60.7 Å². The van der Waals surface area contributed by atoms with Crippen molar-refractivity contribution in [3.05, 3.63) is 71.2 Å². The van der Waals surface area contributed by atoms with Gasteiger partial charge in [0.2, 0.25) is 0 Å². The Morgan fingerprint density at radius 1 is 1.04 bits per heavy atom. The summed E-state index contributed by atoms with van der Waals surface area (Å²) in [7, 11) is 0. The summed E-state index contributed by atoms with van der Waals surface area (Å²) in [5.41, 5.74) is -1.38. The molecule has 0 aliphatic rings. The fourth-order valence-corrected chi connectivity index (χ4v) is 2.76. The number of ether oxygens (including phenoxy) is 1. The zero-order chi connectivity index (χ0) is 19.6. The number of alkyl halides is 3. The number of anilines is 1. The number of carbonyl (C=O) groups is 1. The molecule has 1 atom stereocenters. The van der Waals surface area contributed by atoms with Crippen LogP contribution in [0.1, 0.15) is 12.5 Å². The molecule has 0 saturated carbocycles. The average Bonchev–Trinajstić information content (AvgIpc) is 2.62. The first kappa shape index (κ1) is 19.0. The smallest absolute Gasteiger partial charge is 0.418 e. The average molecular weight is 394 g/mol. The quantitative estimate of drug-likeness (QED) is 0.597. The first-order valence-electron chi connectivity index (χ1n) is 8.07. The molecule has 0 radical (unpaired) electrons. The van der Waals surface area contributed by atoms with E-state index in [2.05, 4.69) is 5.32 Å². The van der Waals surface area contributed by atoms with Crippen molar-refractivity contribution in [1.29, 1.82) is 0 Å². The number of nitrogens with one attached hydrogen (secondary N) is 1. The first-order chi connectivity index (χ1) is 12.7. The van der Waals surface area contributed by atoms with E-state index in [1.54, 1.807) is 12.1 Å². The molecule has 3 rings (SSSR count). The summed E-state index contributed by atoms with van der Waals surface area (Å²) in [5.74, 6) is -0.250. The second-order valence-electron chi connectivity index (χ2n) is 5.95. The highest BCUT2D eigenvalue weighted by atomic mass is 35.5. The van der Waals surface area contributed by atoms with Crippen LogP contribution in [0.4, 0.5) is 18.9 Å². The lowest BCUT2D eigenvalue weighted by Crippen LogP contribution is -2.31. The fraction of sp³-hybridized carbons (Fsp3) is 0.150. The molecule has 3 nitrogen and oxygen atoms in total. The van der Waals surface area contributed by atoms with Gasteiger partial charge in [0.25, 0.3) is 5.91 Å². The maximum absolute atomic E-state index is 13.1. The van der Waals surface area contributed by atoms with Gasteiger partial charge in [0.05, 0.1) is 11.3 Å². The summed E-state index contributed by atoms with van der Waals surface area (Å²) in [6, 6.07) is 16.1. The van der Waals surface area contributed by atoms with Crippen molar-refractivity contribution in [2.45, 2.75) is 19.2 Å². The Kier molecular flexibility index (Phi) is 5.28. The van der Waals surface area contributed by atoms with Gasteiger partial charge < -0.3 is 10.1 Å². The van der Waals surface area contributed by atoms with Crippen LogP contribution in [0.5, 0.6) is 5.75 Å². The van der Waals surface area contributed by atoms with Crippen molar-refractivity contribution in [3.63, 3.8) is 0 Å². The molecule has 27 heavy (non-hydrogen) atoms. The van der Waals surface area contributed by atoms with Crippen LogP contribution < -0.4 is 10.1 Å². The largest absolute Gasteiger partial charge is 0.481 e. The lowest BCUT2D eigenvalue weighted by atomic mass is 10.1. The van der Waals surface area contributed by atoms with Crippen LogP contribution in [0, 0.1) is 0 Å². The number of fused-ring (bicyclic) bond motifs is 1. The number of hydrogen-bond donors (Lipinski definition) is 1. The summed E-state index contributed by atoms with van der Waals surface area (Å²) in [6.45, 7) is 1.47. The number of benzene rings is 3. The third kappa shape index (κ3) is 4.52. The fourth-order valence-electron chi connectivity index (χ4n) is 2.59. The number of carbonyl (C=O) groups excluding carboxylic acids is 1. The highest BCUT2D eigenvalue weighted by molar-refractivity contribution is 6.30. The second kappa shape index (κ2) is 7.48. The molecule has 0 aliphatic heterocycles. The van der Waals surface area contributed by atoms with Crippen molar-refractivity contribution < 1.29 is 22.7 Å². The van der Waals surface area contributed by atoms with Crippen molar-refractivity contribution in [3.8, 4) is 5.75 Å². The Balaban J connectivity index is 1.76. The van der Waals surface area contributed by atoms with Gasteiger partial charge in [-0.2, -0.15) is 13.2 Å². The summed E-state index contributed by atoms with van der Waals surface area (Å²) in [5, 5.41) is 4.13. The predicted molar refractivity (Wildman–Crippen MR) is 99.1 cm³/mol. The molecule has 0 saturated heterocycles. The lowest BCUT2D eigenvalue weighted by Gasteiger charge is -2.18. The zero-order valence-electron chi connectivity index (χ0n) is 14.2. The van der Waals surface area contributed by atoms with Gasteiger partial charge in [0, 0.05) is 5.02 Å². The standard InChI is InChI=1S/C20H15ClF3NO2/c1-12(27-16-8-6-13-4-2-3-5-14(13)10-16)19(26)25-18-9-7-15(21)11-17(18)20(22,23)24/h2-12H,1H3,(H,25,26)/t12-/m1/s1. The number of amides is 1. The molecular weight excluding hydrogens is 379 g/mol. The SMILES string of the molecule is C[C@@H](Oc1ccc2ccccc2c1)C(=O)Nc1ccc(Cl)cc1C(F)(F)F. The van der Waals surface area contributed by atoms with Gasteiger partial charge in [-0.25, -0.2) is 0 Å². The van der Waals surface area contributed by atoms with E-state index >= 15 is 0 Å². The Hall–Kier alpha value is -2.73. The topological polar surface area (TPSA) is 38.3 Å². The lowest BCUT2D eigenvalue weighted by molar-refractivity contribution is -0.137. The molecule has 0 aliphatic carbocycles. The van der Waals surface area contributed by atoms with Gasteiger partial charge in [0.1, 0.15) is 5.75 Å². The molecule has 1 amide bonds. The third-order valence-corrected chi connectivity index (χ3v) is 4.18. The van der Waals surface area contributed by atoms with Crippen molar-refractivity contribution in [1.82, 2.24) is 0 Å². The van der Waals surface area contributed by atoms with E-state index in [4.69, 9.17) is 16.3 Å². The molecule has 0 aromatic heterocycles. The maximum atomic E-state index is 13.1. The van der Waals surface area contributed by atoms with E-state index < -0.39 is 23.8 Å². The Labute approximate surface area is 158 Å². The Morgan fingerprint density at radius 2 is 1.74 bits per heavy atom. The molecule has 3 aromatic carbocycles. The van der Waals surface area contributed by atoms with Crippen LogP contribution >= 0.6 is 11.6 Å². The highest BCUT2D eigenvalue weighted by Crippen LogP contribution is 2.36. The minimum absolute atomic E-state index is 0.0687. The molecule has 0 fully saturated rings. The molecule has 0 bridgehead atoms. The van der Waals surface area contributed by atoms with Gasteiger partial charge in [-0.1, -0.05) is 41.9 Å². The number of rotatable bonds is 4. The number of hydrogen-bond acceptors (Lipinski definition) is 2. The normalized spacial score (nSPS) is 12.6. The molecule has 0 spiro atoms. The predicted octanol–water partition coefficient (Wildman–Crippen LogP) is 5.92. The summed E-state index contributed by atoms with van der Waals surface area (Å²) in [4.78, 5) is 12.3. The van der Waals surface area contributed by atoms with Crippen LogP contribution in [-0.2, 0) is 11.0 Å². The first-order valence-corrected chi connectivity index (χ1v) is 8.45. The van der Waals surface area contributed by atoms with Crippen molar-refractivity contribution >= 4 is 34.0 Å². The summed E-state index contributed by atoms with van der Waals surface area (Å²) >= 11 is 5.64. The van der Waals surface area contributed by atoms with E-state index in [-0.39, 0.29) is 10.7 Å². The van der Waals surface area contributed by atoms with Crippen LogP contribution in [0.2, 0.25) is 5.02 Å². The van der Waals surface area contributed by atoms with Crippen molar-refractivity contribution in [2.24, 2.45) is 0 Å². The minimum Gasteiger partial charge on any atom is -0.481 e. The van der Waals surface area contributed by atoms with Crippen LogP contribution in [0.25, 0.3) is 10.8 Å². The van der Waals surface area contributed by atoms with Gasteiger partial charge in [-0.3, -0.25) is 4.79 Å². The maximum Gasteiger partial charge on any atom is 0.418 e. The molecule has 3 aromatic rings. The van der Waals surface area contributed by atoms with Gasteiger partial charge >= 0.3 is 6.18 Å². The molecule has 0 unspecified atom stereocenters. The van der Waals surface area contributed by atoms with Crippen LogP contribution in [-0.4, -0.2) is 12.0 Å². The van der Waals surface area contributed by atoms with E-state index in [1.165, 1.54) is 13.0 Å². The third-order valence-electron chi connectivity index (χ3n) is 3.95. The Bertz CT molecular complexity index is 988. The van der Waals surface area contributed by atoms with Gasteiger partial charge in [-0.15, -0.1) is 0 Å². The van der Waals surface area contributed by atoms with Gasteiger partial charge in [0.15, 0.2) is 6.10 Å². The molecule has 140 valence electrons. The zero-order valence-corrected chi connectivity index (χ0v) is 14.9. The molecular formula is C20H15ClF3NO2. The minimum atomic E-state index is -4.64. The highest BCUT2D eigenvalue weighted by Gasteiger charge is 2.34. The monoisotopic (exact) mass is 393 g/mol. The van der Waals surface area contributed by atoms with E-state index in [0.29, 0.717) is 5.75 Å². The summed E-state index contributed by atoms with van der Waals surface area (Å²) < 4.78 is 45.0. The van der Waals surface area contributed by atoms with Gasteiger partial charge in [-0.05, 0) is 48.0 Å².